The first-order valence-electron chi connectivity index (χ1n) is 20.9. The topological polar surface area (TPSA) is 13.1 Å². The summed E-state index contributed by atoms with van der Waals surface area (Å²) in [4.78, 5) is 0. The van der Waals surface area contributed by atoms with Crippen LogP contribution in [-0.4, -0.2) is 0 Å². The minimum atomic E-state index is -0.442. The largest absolute Gasteiger partial charge is 0.456 e. The lowest BCUT2D eigenvalue weighted by Crippen LogP contribution is -1.92. The summed E-state index contributed by atoms with van der Waals surface area (Å²) in [7, 11) is 0. The van der Waals surface area contributed by atoms with Crippen LogP contribution in [-0.2, 0) is 0 Å². The first-order chi connectivity index (χ1) is 28.6. The molecule has 0 saturated heterocycles. The van der Waals surface area contributed by atoms with Crippen molar-refractivity contribution < 1.29 is 15.4 Å². The van der Waals surface area contributed by atoms with E-state index in [0.717, 1.165) is 48.8 Å². The van der Waals surface area contributed by atoms with E-state index in [1.54, 1.807) is 6.07 Å². The molecule has 0 N–H and O–H groups in total. The van der Waals surface area contributed by atoms with Crippen molar-refractivity contribution in [2.45, 2.75) is 0 Å². The molecule has 0 saturated carbocycles. The van der Waals surface area contributed by atoms with Crippen molar-refractivity contribution in [3.05, 3.63) is 182 Å². The molecule has 11 aromatic rings. The van der Waals surface area contributed by atoms with Crippen LogP contribution in [0.4, 0.5) is 0 Å². The minimum absolute atomic E-state index is 0.163. The van der Waals surface area contributed by atoms with Gasteiger partial charge in [0, 0.05) is 10.8 Å². The fraction of sp³-hybridized carbons (Fsp3) is 0. The normalized spacial score (nSPS) is 14.1. The number of furan rings is 1. The smallest absolute Gasteiger partial charge is 0.136 e. The van der Waals surface area contributed by atoms with Crippen LogP contribution in [0.15, 0.2) is 186 Å². The van der Waals surface area contributed by atoms with Gasteiger partial charge < -0.3 is 4.42 Å². The van der Waals surface area contributed by atoms with E-state index < -0.39 is 24.2 Å². The number of hydrogen-bond donors (Lipinski definition) is 0. The first kappa shape index (κ1) is 21.4. The molecule has 0 atom stereocenters. The summed E-state index contributed by atoms with van der Waals surface area (Å²) in [5, 5.41) is 7.94. The maximum absolute atomic E-state index is 9.55. The van der Waals surface area contributed by atoms with Crippen molar-refractivity contribution in [2.75, 3.05) is 0 Å². The molecule has 0 spiro atoms. The molecule has 11 rings (SSSR count). The van der Waals surface area contributed by atoms with E-state index >= 15 is 0 Å². The average molecular weight is 655 g/mol. The van der Waals surface area contributed by atoms with Gasteiger partial charge in [-0.3, -0.25) is 0 Å². The molecular formula is C50H30O. The van der Waals surface area contributed by atoms with E-state index in [2.05, 4.69) is 30.3 Å². The zero-order chi connectivity index (χ0) is 40.4. The lowest BCUT2D eigenvalue weighted by molar-refractivity contribution is 0.669. The van der Waals surface area contributed by atoms with Gasteiger partial charge in [-0.2, -0.15) is 0 Å². The van der Waals surface area contributed by atoms with Crippen LogP contribution in [0.1, 0.15) is 11.0 Å². The van der Waals surface area contributed by atoms with Gasteiger partial charge in [-0.05, 0) is 118 Å². The number of rotatable bonds is 3. The second-order valence-electron chi connectivity index (χ2n) is 13.0. The third kappa shape index (κ3) is 4.22. The van der Waals surface area contributed by atoms with Gasteiger partial charge in [0.1, 0.15) is 11.2 Å². The molecule has 1 nitrogen and oxygen atoms in total. The highest BCUT2D eigenvalue weighted by atomic mass is 16.3. The highest BCUT2D eigenvalue weighted by molar-refractivity contribution is 6.27. The SMILES string of the molecule is [2H]c1c([2H])c([2H])c2c(-c3cccc4oc5cc6ccccc6cc5c34)c3c([2H])c([2H])c([2H])c([2H])c3c(-c3ccc4cc(-c5ccccc5)c5ccccc5c4c3)c2c1[2H]. The predicted molar refractivity (Wildman–Crippen MR) is 218 cm³/mol. The second-order valence-corrected chi connectivity index (χ2v) is 13.0. The van der Waals surface area contributed by atoms with Crippen LogP contribution in [0.2, 0.25) is 0 Å². The summed E-state index contributed by atoms with van der Waals surface area (Å²) in [6.45, 7) is 0. The van der Waals surface area contributed by atoms with Crippen LogP contribution in [0, 0.1) is 0 Å². The molecule has 10 aromatic carbocycles. The zero-order valence-electron chi connectivity index (χ0n) is 35.1. The Bertz CT molecular complexity index is 3570. The van der Waals surface area contributed by atoms with Gasteiger partial charge in [-0.1, -0.05) is 151 Å². The van der Waals surface area contributed by atoms with E-state index in [1.165, 1.54) is 0 Å². The van der Waals surface area contributed by atoms with E-state index in [0.29, 0.717) is 33.2 Å². The summed E-state index contributed by atoms with van der Waals surface area (Å²) < 4.78 is 80.5. The Morgan fingerprint density at radius 1 is 0.353 bits per heavy atom. The molecule has 1 heteroatoms. The maximum atomic E-state index is 9.55. The van der Waals surface area contributed by atoms with Gasteiger partial charge in [0.05, 0.1) is 11.0 Å². The Labute approximate surface area is 305 Å². The Morgan fingerprint density at radius 3 is 1.75 bits per heavy atom. The second kappa shape index (κ2) is 10.9. The van der Waals surface area contributed by atoms with Gasteiger partial charge in [0.15, 0.2) is 0 Å². The van der Waals surface area contributed by atoms with E-state index in [-0.39, 0.29) is 51.3 Å². The average Bonchev–Trinajstić information content (AvgIpc) is 3.64. The van der Waals surface area contributed by atoms with Gasteiger partial charge in [-0.25, -0.2) is 0 Å². The van der Waals surface area contributed by atoms with E-state index in [4.69, 9.17) is 9.90 Å². The lowest BCUT2D eigenvalue weighted by atomic mass is 9.84. The van der Waals surface area contributed by atoms with Crippen molar-refractivity contribution in [1.82, 2.24) is 0 Å². The van der Waals surface area contributed by atoms with Crippen LogP contribution in [0.25, 0.3) is 109 Å². The van der Waals surface area contributed by atoms with Crippen molar-refractivity contribution in [3.8, 4) is 33.4 Å². The molecular weight excluding hydrogens is 617 g/mol. The van der Waals surface area contributed by atoms with Crippen LogP contribution >= 0.6 is 0 Å². The molecule has 1 heterocycles. The highest BCUT2D eigenvalue weighted by Crippen LogP contribution is 2.48. The summed E-state index contributed by atoms with van der Waals surface area (Å²) in [6.07, 6.45) is 0. The van der Waals surface area contributed by atoms with Crippen molar-refractivity contribution >= 4 is 75.8 Å². The van der Waals surface area contributed by atoms with Gasteiger partial charge in [0.25, 0.3) is 0 Å². The third-order valence-corrected chi connectivity index (χ3v) is 10.2. The lowest BCUT2D eigenvalue weighted by Gasteiger charge is -2.19. The monoisotopic (exact) mass is 654 g/mol. The number of benzene rings is 10. The van der Waals surface area contributed by atoms with Gasteiger partial charge in [0.2, 0.25) is 0 Å². The Hall–Kier alpha value is -6.70. The third-order valence-electron chi connectivity index (χ3n) is 10.2. The molecule has 0 aliphatic carbocycles. The fourth-order valence-electron chi connectivity index (χ4n) is 8.02. The molecule has 236 valence electrons. The predicted octanol–water partition coefficient (Wildman–Crippen LogP) is 14.4. The molecule has 0 aliphatic heterocycles. The Morgan fingerprint density at radius 2 is 1.00 bits per heavy atom. The molecule has 51 heavy (non-hydrogen) atoms. The van der Waals surface area contributed by atoms with Crippen molar-refractivity contribution in [2.24, 2.45) is 0 Å². The van der Waals surface area contributed by atoms with Crippen molar-refractivity contribution in [3.63, 3.8) is 0 Å². The van der Waals surface area contributed by atoms with Crippen LogP contribution in [0.3, 0.4) is 0 Å². The molecule has 0 fully saturated rings. The van der Waals surface area contributed by atoms with Crippen LogP contribution < -0.4 is 0 Å². The van der Waals surface area contributed by atoms with E-state index in [9.17, 15) is 5.48 Å². The Balaban J connectivity index is 1.34. The number of fused-ring (bicyclic) bond motifs is 9. The maximum Gasteiger partial charge on any atom is 0.136 e. The minimum Gasteiger partial charge on any atom is -0.456 e. The zero-order valence-corrected chi connectivity index (χ0v) is 27.1. The molecule has 0 unspecified atom stereocenters. The standard InChI is InChI=1S/C50H30O/c1-2-13-31(14-3-1)43-28-34-25-26-35(29-44(34)37-18-7-6-17-36(37)43)48-38-19-8-10-21-40(38)49(41-22-11-9-20-39(41)48)42-23-12-24-46-50(42)45-27-32-15-4-5-16-33(32)30-47(45)51-46/h1-30H/i8D,9D,10D,11D,19D,20D,21D,22D. The summed E-state index contributed by atoms with van der Waals surface area (Å²) in [5.74, 6) is 0. The van der Waals surface area contributed by atoms with E-state index in [1.807, 2.05) is 97.1 Å². The first-order valence-corrected chi connectivity index (χ1v) is 16.9. The van der Waals surface area contributed by atoms with Gasteiger partial charge in [-0.15, -0.1) is 0 Å². The molecule has 0 amide bonds. The van der Waals surface area contributed by atoms with Crippen LogP contribution in [0.5, 0.6) is 0 Å². The molecule has 1 aromatic heterocycles. The number of hydrogen-bond acceptors (Lipinski definition) is 1. The summed E-state index contributed by atoms with van der Waals surface area (Å²) in [6, 6.07) is 40.8. The van der Waals surface area contributed by atoms with Gasteiger partial charge >= 0.3 is 0 Å². The fourth-order valence-corrected chi connectivity index (χ4v) is 8.02. The summed E-state index contributed by atoms with van der Waals surface area (Å²) >= 11 is 0. The highest BCUT2D eigenvalue weighted by Gasteiger charge is 2.21. The molecule has 0 aliphatic rings. The molecule has 0 bridgehead atoms. The summed E-state index contributed by atoms with van der Waals surface area (Å²) in [5.41, 5.74) is 5.00. The Kier molecular flexibility index (Phi) is 4.57. The quantitative estimate of drug-likeness (QED) is 0.136. The van der Waals surface area contributed by atoms with Crippen molar-refractivity contribution in [1.29, 1.82) is 0 Å². The molecule has 0 radical (unpaired) electrons.